The molecule has 0 saturated carbocycles. The van der Waals surface area contributed by atoms with Crippen LogP contribution in [0, 0.1) is 18.3 Å². The predicted molar refractivity (Wildman–Crippen MR) is 70.3 cm³/mol. The van der Waals surface area contributed by atoms with Crippen molar-refractivity contribution in [2.24, 2.45) is 0 Å². The van der Waals surface area contributed by atoms with E-state index in [1.54, 1.807) is 26.2 Å². The topological polar surface area (TPSA) is 60.2 Å². The molecule has 0 saturated heterocycles. The number of hydrogen-bond acceptors (Lipinski definition) is 4. The van der Waals surface area contributed by atoms with Crippen molar-refractivity contribution in [2.45, 2.75) is 13.8 Å². The molecule has 0 atom stereocenters. The molecule has 1 aromatic rings. The summed E-state index contributed by atoms with van der Waals surface area (Å²) in [5.41, 5.74) is 1.33. The zero-order valence-electron chi connectivity index (χ0n) is 11.3. The molecule has 0 bridgehead atoms. The van der Waals surface area contributed by atoms with Crippen molar-refractivity contribution in [1.82, 2.24) is 9.88 Å². The Bertz CT molecular complexity index is 476. The van der Waals surface area contributed by atoms with E-state index in [1.165, 1.54) is 4.90 Å². The van der Waals surface area contributed by atoms with Gasteiger partial charge in [0.15, 0.2) is 0 Å². The Hall–Kier alpha value is -2.09. The number of aryl methyl sites for hydroxylation is 1. The molecule has 18 heavy (non-hydrogen) atoms. The van der Waals surface area contributed by atoms with E-state index in [0.29, 0.717) is 17.9 Å². The van der Waals surface area contributed by atoms with Crippen LogP contribution in [0.25, 0.3) is 0 Å². The SMILES string of the molecule is CCN(CC(=O)N(C)C)c1nc(C)ccc1C#N. The van der Waals surface area contributed by atoms with E-state index in [4.69, 9.17) is 5.26 Å². The summed E-state index contributed by atoms with van der Waals surface area (Å²) in [4.78, 5) is 19.4. The van der Waals surface area contributed by atoms with Gasteiger partial charge in [-0.3, -0.25) is 4.79 Å². The molecular formula is C13H18N4O. The molecule has 0 spiro atoms. The number of likely N-dealkylation sites (N-methyl/N-ethyl adjacent to an activating group) is 2. The lowest BCUT2D eigenvalue weighted by molar-refractivity contribution is -0.127. The molecule has 96 valence electrons. The zero-order valence-corrected chi connectivity index (χ0v) is 11.3. The molecule has 5 nitrogen and oxygen atoms in total. The Morgan fingerprint density at radius 3 is 2.61 bits per heavy atom. The molecule has 0 unspecified atom stereocenters. The molecule has 1 heterocycles. The second kappa shape index (κ2) is 6.01. The summed E-state index contributed by atoms with van der Waals surface area (Å²) in [6.07, 6.45) is 0. The van der Waals surface area contributed by atoms with Crippen molar-refractivity contribution in [1.29, 1.82) is 5.26 Å². The maximum Gasteiger partial charge on any atom is 0.241 e. The number of hydrogen-bond donors (Lipinski definition) is 0. The zero-order chi connectivity index (χ0) is 13.7. The maximum atomic E-state index is 11.7. The van der Waals surface area contributed by atoms with Crippen molar-refractivity contribution >= 4 is 11.7 Å². The lowest BCUT2D eigenvalue weighted by atomic mass is 10.2. The van der Waals surface area contributed by atoms with Crippen molar-refractivity contribution in [2.75, 3.05) is 32.1 Å². The highest BCUT2D eigenvalue weighted by atomic mass is 16.2. The minimum Gasteiger partial charge on any atom is -0.347 e. The van der Waals surface area contributed by atoms with Crippen molar-refractivity contribution in [3.8, 4) is 6.07 Å². The smallest absolute Gasteiger partial charge is 0.241 e. The van der Waals surface area contributed by atoms with Gasteiger partial charge in [0.2, 0.25) is 5.91 Å². The van der Waals surface area contributed by atoms with Crippen LogP contribution in [0.4, 0.5) is 5.82 Å². The normalized spacial score (nSPS) is 9.72. The van der Waals surface area contributed by atoms with Crippen molar-refractivity contribution < 1.29 is 4.79 Å². The molecule has 1 aromatic heterocycles. The second-order valence-electron chi connectivity index (χ2n) is 4.24. The maximum absolute atomic E-state index is 11.7. The van der Waals surface area contributed by atoms with E-state index in [1.807, 2.05) is 18.7 Å². The third-order valence-corrected chi connectivity index (χ3v) is 2.64. The molecular weight excluding hydrogens is 228 g/mol. The van der Waals surface area contributed by atoms with Crippen LogP contribution in [0.5, 0.6) is 0 Å². The van der Waals surface area contributed by atoms with Gasteiger partial charge in [-0.05, 0) is 26.0 Å². The molecule has 0 N–H and O–H groups in total. The predicted octanol–water partition coefficient (Wildman–Crippen LogP) is 1.18. The Labute approximate surface area is 108 Å². The first-order chi connectivity index (χ1) is 8.49. The van der Waals surface area contributed by atoms with Crippen LogP contribution < -0.4 is 4.90 Å². The number of rotatable bonds is 4. The van der Waals surface area contributed by atoms with E-state index in [0.717, 1.165) is 5.69 Å². The summed E-state index contributed by atoms with van der Waals surface area (Å²) in [5, 5.41) is 9.09. The number of pyridine rings is 1. The summed E-state index contributed by atoms with van der Waals surface area (Å²) < 4.78 is 0. The van der Waals surface area contributed by atoms with E-state index in [-0.39, 0.29) is 12.5 Å². The van der Waals surface area contributed by atoms with Gasteiger partial charge in [0.05, 0.1) is 12.1 Å². The minimum atomic E-state index is -0.0101. The highest BCUT2D eigenvalue weighted by Crippen LogP contribution is 2.17. The van der Waals surface area contributed by atoms with Gasteiger partial charge in [-0.15, -0.1) is 0 Å². The number of amides is 1. The average Bonchev–Trinajstić information content (AvgIpc) is 2.35. The quantitative estimate of drug-likeness (QED) is 0.800. The number of carbonyl (C=O) groups is 1. The van der Waals surface area contributed by atoms with Crippen molar-refractivity contribution in [3.05, 3.63) is 23.4 Å². The number of aromatic nitrogens is 1. The summed E-state index contributed by atoms with van der Waals surface area (Å²) in [5.74, 6) is 0.569. The van der Waals surface area contributed by atoms with Crippen LogP contribution in [-0.2, 0) is 4.79 Å². The first-order valence-electron chi connectivity index (χ1n) is 5.82. The van der Waals surface area contributed by atoms with Gasteiger partial charge >= 0.3 is 0 Å². The molecule has 1 amide bonds. The van der Waals surface area contributed by atoms with Crippen LogP contribution >= 0.6 is 0 Å². The van der Waals surface area contributed by atoms with Crippen molar-refractivity contribution in [3.63, 3.8) is 0 Å². The first kappa shape index (κ1) is 14.0. The largest absolute Gasteiger partial charge is 0.347 e. The molecule has 0 aromatic carbocycles. The van der Waals surface area contributed by atoms with Gasteiger partial charge in [0.1, 0.15) is 11.9 Å². The molecule has 0 fully saturated rings. The molecule has 0 aliphatic heterocycles. The van der Waals surface area contributed by atoms with Crippen LogP contribution in [0.3, 0.4) is 0 Å². The number of carbonyl (C=O) groups excluding carboxylic acids is 1. The molecule has 5 heteroatoms. The van der Waals surface area contributed by atoms with E-state index in [2.05, 4.69) is 11.1 Å². The fraction of sp³-hybridized carbons (Fsp3) is 0.462. The van der Waals surface area contributed by atoms with Gasteiger partial charge in [-0.2, -0.15) is 5.26 Å². The molecule has 0 aliphatic rings. The molecule has 0 radical (unpaired) electrons. The Morgan fingerprint density at radius 2 is 2.11 bits per heavy atom. The Morgan fingerprint density at radius 1 is 1.44 bits per heavy atom. The van der Waals surface area contributed by atoms with E-state index >= 15 is 0 Å². The van der Waals surface area contributed by atoms with Crippen LogP contribution in [0.15, 0.2) is 12.1 Å². The molecule has 0 aliphatic carbocycles. The van der Waals surface area contributed by atoms with Crippen LogP contribution in [0.2, 0.25) is 0 Å². The van der Waals surface area contributed by atoms with Gasteiger partial charge in [0, 0.05) is 26.3 Å². The van der Waals surface area contributed by atoms with Gasteiger partial charge in [0.25, 0.3) is 0 Å². The summed E-state index contributed by atoms with van der Waals surface area (Å²) in [7, 11) is 3.43. The standard InChI is InChI=1S/C13H18N4O/c1-5-17(9-12(18)16(3)4)13-11(8-14)7-6-10(2)15-13/h6-7H,5,9H2,1-4H3. The number of anilines is 1. The Balaban J connectivity index is 3.05. The lowest BCUT2D eigenvalue weighted by Crippen LogP contribution is -2.37. The third kappa shape index (κ3) is 3.20. The highest BCUT2D eigenvalue weighted by Gasteiger charge is 2.16. The van der Waals surface area contributed by atoms with Crippen LogP contribution in [0.1, 0.15) is 18.2 Å². The van der Waals surface area contributed by atoms with E-state index < -0.39 is 0 Å². The fourth-order valence-electron chi connectivity index (χ4n) is 1.51. The van der Waals surface area contributed by atoms with E-state index in [9.17, 15) is 4.79 Å². The first-order valence-corrected chi connectivity index (χ1v) is 5.82. The fourth-order valence-corrected chi connectivity index (χ4v) is 1.51. The summed E-state index contributed by atoms with van der Waals surface area (Å²) in [6, 6.07) is 5.64. The lowest BCUT2D eigenvalue weighted by Gasteiger charge is -2.24. The molecule has 1 rings (SSSR count). The number of nitriles is 1. The highest BCUT2D eigenvalue weighted by molar-refractivity contribution is 5.81. The third-order valence-electron chi connectivity index (χ3n) is 2.64. The summed E-state index contributed by atoms with van der Waals surface area (Å²) in [6.45, 7) is 4.67. The van der Waals surface area contributed by atoms with Gasteiger partial charge < -0.3 is 9.80 Å². The Kier molecular flexibility index (Phi) is 4.67. The monoisotopic (exact) mass is 246 g/mol. The van der Waals surface area contributed by atoms with Gasteiger partial charge in [-0.25, -0.2) is 4.98 Å². The van der Waals surface area contributed by atoms with Gasteiger partial charge in [-0.1, -0.05) is 0 Å². The average molecular weight is 246 g/mol. The van der Waals surface area contributed by atoms with Crippen LogP contribution in [-0.4, -0.2) is 43.0 Å². The number of nitrogens with zero attached hydrogens (tertiary/aromatic N) is 4. The summed E-state index contributed by atoms with van der Waals surface area (Å²) >= 11 is 0. The minimum absolute atomic E-state index is 0.0101. The second-order valence-corrected chi connectivity index (χ2v) is 4.24.